The Balaban J connectivity index is 1.45. The molecule has 1 aliphatic heterocycles. The highest BCUT2D eigenvalue weighted by atomic mass is 32.2. The summed E-state index contributed by atoms with van der Waals surface area (Å²) < 4.78 is 17.7. The van der Waals surface area contributed by atoms with Gasteiger partial charge < -0.3 is 24.4 Å². The quantitative estimate of drug-likeness (QED) is 0.511. The molecule has 0 bridgehead atoms. The number of aromatic nitrogens is 4. The highest BCUT2D eigenvalue weighted by Gasteiger charge is 2.18. The Morgan fingerprint density at radius 1 is 1.12 bits per heavy atom. The molecule has 2 aromatic carbocycles. The van der Waals surface area contributed by atoms with Gasteiger partial charge in [0, 0.05) is 19.2 Å². The Hall–Kier alpha value is -3.31. The van der Waals surface area contributed by atoms with E-state index in [9.17, 15) is 4.79 Å². The van der Waals surface area contributed by atoms with Crippen molar-refractivity contribution in [1.82, 2.24) is 20.2 Å². The van der Waals surface area contributed by atoms with Crippen molar-refractivity contribution in [2.75, 3.05) is 56.5 Å². The summed E-state index contributed by atoms with van der Waals surface area (Å²) in [7, 11) is 3.15. The summed E-state index contributed by atoms with van der Waals surface area (Å²) in [5.74, 6) is 1.22. The molecule has 168 valence electrons. The third-order valence-electron chi connectivity index (χ3n) is 4.92. The van der Waals surface area contributed by atoms with Gasteiger partial charge >= 0.3 is 0 Å². The monoisotopic (exact) mass is 456 g/mol. The average Bonchev–Trinajstić information content (AvgIpc) is 3.31. The van der Waals surface area contributed by atoms with Crippen LogP contribution in [-0.2, 0) is 9.53 Å². The number of amides is 1. The number of morpholine rings is 1. The molecule has 10 nitrogen and oxygen atoms in total. The van der Waals surface area contributed by atoms with Crippen molar-refractivity contribution in [3.05, 3.63) is 42.5 Å². The summed E-state index contributed by atoms with van der Waals surface area (Å²) in [5, 5.41) is 15.4. The van der Waals surface area contributed by atoms with E-state index in [0.717, 1.165) is 24.5 Å². The first kappa shape index (κ1) is 21.9. The second-order valence-electron chi connectivity index (χ2n) is 6.86. The number of carbonyl (C=O) groups is 1. The molecule has 1 fully saturated rings. The van der Waals surface area contributed by atoms with Crippen LogP contribution in [0.4, 0.5) is 11.4 Å². The molecule has 2 heterocycles. The van der Waals surface area contributed by atoms with E-state index in [1.165, 1.54) is 16.4 Å². The molecule has 1 aliphatic rings. The number of para-hydroxylation sites is 2. The molecule has 1 aromatic heterocycles. The number of nitrogens with one attached hydrogen (secondary N) is 1. The van der Waals surface area contributed by atoms with Gasteiger partial charge in [0.2, 0.25) is 11.1 Å². The van der Waals surface area contributed by atoms with Crippen molar-refractivity contribution in [2.24, 2.45) is 0 Å². The average molecular weight is 457 g/mol. The van der Waals surface area contributed by atoms with Crippen molar-refractivity contribution >= 4 is 29.0 Å². The Labute approximate surface area is 189 Å². The summed E-state index contributed by atoms with van der Waals surface area (Å²) >= 11 is 1.23. The van der Waals surface area contributed by atoms with E-state index in [1.54, 1.807) is 32.4 Å². The molecule has 0 unspecified atom stereocenters. The van der Waals surface area contributed by atoms with Crippen LogP contribution in [-0.4, -0.2) is 72.4 Å². The topological polar surface area (TPSA) is 104 Å². The normalized spacial score (nSPS) is 13.6. The molecule has 3 aromatic rings. The Morgan fingerprint density at radius 3 is 2.72 bits per heavy atom. The molecule has 11 heteroatoms. The van der Waals surface area contributed by atoms with Crippen LogP contribution in [0.2, 0.25) is 0 Å². The van der Waals surface area contributed by atoms with Crippen LogP contribution >= 0.6 is 11.8 Å². The number of anilines is 2. The van der Waals surface area contributed by atoms with E-state index in [4.69, 9.17) is 14.2 Å². The summed E-state index contributed by atoms with van der Waals surface area (Å²) in [6.07, 6.45) is 0. The smallest absolute Gasteiger partial charge is 0.234 e. The van der Waals surface area contributed by atoms with E-state index in [0.29, 0.717) is 35.6 Å². The number of methoxy groups -OCH3 is 2. The van der Waals surface area contributed by atoms with Crippen molar-refractivity contribution in [1.29, 1.82) is 0 Å². The van der Waals surface area contributed by atoms with Gasteiger partial charge in [0.15, 0.2) is 0 Å². The van der Waals surface area contributed by atoms with Crippen molar-refractivity contribution in [2.45, 2.75) is 5.16 Å². The minimum atomic E-state index is -0.150. The fourth-order valence-electron chi connectivity index (χ4n) is 3.36. The van der Waals surface area contributed by atoms with Crippen molar-refractivity contribution < 1.29 is 19.0 Å². The zero-order chi connectivity index (χ0) is 22.3. The lowest BCUT2D eigenvalue weighted by atomic mass is 10.2. The molecule has 1 saturated heterocycles. The molecular weight excluding hydrogens is 432 g/mol. The first-order valence-electron chi connectivity index (χ1n) is 10.0. The molecular formula is C21H24N6O4S. The van der Waals surface area contributed by atoms with E-state index in [-0.39, 0.29) is 11.7 Å². The van der Waals surface area contributed by atoms with Crippen molar-refractivity contribution in [3.63, 3.8) is 0 Å². The van der Waals surface area contributed by atoms with E-state index < -0.39 is 0 Å². The number of tetrazole rings is 1. The van der Waals surface area contributed by atoms with Gasteiger partial charge in [-0.15, -0.1) is 5.10 Å². The number of rotatable bonds is 8. The fourth-order valence-corrected chi connectivity index (χ4v) is 4.04. The molecule has 0 aliphatic carbocycles. The molecule has 32 heavy (non-hydrogen) atoms. The lowest BCUT2D eigenvalue weighted by Crippen LogP contribution is -2.36. The first-order chi connectivity index (χ1) is 15.7. The van der Waals surface area contributed by atoms with Gasteiger partial charge in [-0.2, -0.15) is 4.68 Å². The van der Waals surface area contributed by atoms with Crippen LogP contribution in [0.1, 0.15) is 0 Å². The molecule has 1 amide bonds. The lowest BCUT2D eigenvalue weighted by molar-refractivity contribution is -0.113. The van der Waals surface area contributed by atoms with Gasteiger partial charge in [-0.3, -0.25) is 4.79 Å². The van der Waals surface area contributed by atoms with Gasteiger partial charge in [0.1, 0.15) is 17.2 Å². The zero-order valence-electron chi connectivity index (χ0n) is 17.9. The number of benzene rings is 2. The maximum atomic E-state index is 12.7. The summed E-state index contributed by atoms with van der Waals surface area (Å²) in [5.41, 5.74) is 2.38. The van der Waals surface area contributed by atoms with E-state index >= 15 is 0 Å². The number of thioether (sulfide) groups is 1. The largest absolute Gasteiger partial charge is 0.497 e. The van der Waals surface area contributed by atoms with Crippen LogP contribution < -0.4 is 19.7 Å². The fraction of sp³-hybridized carbons (Fsp3) is 0.333. The van der Waals surface area contributed by atoms with Crippen LogP contribution in [0.5, 0.6) is 11.5 Å². The van der Waals surface area contributed by atoms with Gasteiger partial charge in [-0.1, -0.05) is 23.9 Å². The van der Waals surface area contributed by atoms with Gasteiger partial charge in [0.25, 0.3) is 0 Å². The van der Waals surface area contributed by atoms with Crippen LogP contribution in [0, 0.1) is 0 Å². The predicted octanol–water partition coefficient (Wildman–Crippen LogP) is 2.25. The summed E-state index contributed by atoms with van der Waals surface area (Å²) in [6, 6.07) is 13.1. The molecule has 0 radical (unpaired) electrons. The van der Waals surface area contributed by atoms with E-state index in [2.05, 4.69) is 25.7 Å². The van der Waals surface area contributed by atoms with E-state index in [1.807, 2.05) is 24.3 Å². The summed E-state index contributed by atoms with van der Waals surface area (Å²) in [4.78, 5) is 14.9. The second-order valence-corrected chi connectivity index (χ2v) is 7.81. The standard InChI is InChI=1S/C21H24N6O4S/c1-29-15-7-8-19(30-2)18(13-15)27-21(23-24-25-27)32-14-20(28)22-16-5-3-4-6-17(16)26-9-11-31-12-10-26/h3-8,13H,9-12,14H2,1-2H3,(H,22,28). The zero-order valence-corrected chi connectivity index (χ0v) is 18.7. The maximum Gasteiger partial charge on any atom is 0.234 e. The Bertz CT molecular complexity index is 1070. The molecule has 0 spiro atoms. The Kier molecular flexibility index (Phi) is 7.07. The SMILES string of the molecule is COc1ccc(OC)c(-n2nnnc2SCC(=O)Nc2ccccc2N2CCOCC2)c1. The predicted molar refractivity (Wildman–Crippen MR) is 121 cm³/mol. The first-order valence-corrected chi connectivity index (χ1v) is 11.0. The van der Waals surface area contributed by atoms with Gasteiger partial charge in [0.05, 0.1) is 44.6 Å². The second kappa shape index (κ2) is 10.3. The highest BCUT2D eigenvalue weighted by Crippen LogP contribution is 2.30. The Morgan fingerprint density at radius 2 is 1.94 bits per heavy atom. The number of nitrogens with zero attached hydrogens (tertiary/aromatic N) is 5. The van der Waals surface area contributed by atoms with Crippen molar-refractivity contribution in [3.8, 4) is 17.2 Å². The van der Waals surface area contributed by atoms with Crippen LogP contribution in [0.25, 0.3) is 5.69 Å². The highest BCUT2D eigenvalue weighted by molar-refractivity contribution is 7.99. The molecule has 0 saturated carbocycles. The molecule has 1 N–H and O–H groups in total. The van der Waals surface area contributed by atoms with Crippen LogP contribution in [0.15, 0.2) is 47.6 Å². The third-order valence-corrected chi connectivity index (χ3v) is 5.84. The minimum Gasteiger partial charge on any atom is -0.497 e. The van der Waals surface area contributed by atoms with Gasteiger partial charge in [-0.05, 0) is 34.7 Å². The number of ether oxygens (including phenoxy) is 3. The molecule has 0 atom stereocenters. The summed E-state index contributed by atoms with van der Waals surface area (Å²) in [6.45, 7) is 2.93. The minimum absolute atomic E-state index is 0.143. The maximum absolute atomic E-state index is 12.7. The number of hydrogen-bond donors (Lipinski definition) is 1. The molecule has 4 rings (SSSR count). The number of carbonyl (C=O) groups excluding carboxylic acids is 1. The number of hydrogen-bond acceptors (Lipinski definition) is 9. The lowest BCUT2D eigenvalue weighted by Gasteiger charge is -2.30. The van der Waals surface area contributed by atoms with Gasteiger partial charge in [-0.25, -0.2) is 0 Å². The van der Waals surface area contributed by atoms with Crippen LogP contribution in [0.3, 0.4) is 0 Å². The third kappa shape index (κ3) is 4.94.